The molecule has 8 nitrogen and oxygen atoms in total. The van der Waals surface area contributed by atoms with Crippen molar-refractivity contribution in [1.29, 1.82) is 0 Å². The quantitative estimate of drug-likeness (QED) is 0.538. The number of fused-ring (bicyclic) bond motifs is 1. The Morgan fingerprint density at radius 1 is 0.867 bits per heavy atom. The Bertz CT molecular complexity index is 1210. The van der Waals surface area contributed by atoms with Crippen LogP contribution in [0.1, 0.15) is 5.69 Å². The van der Waals surface area contributed by atoms with Crippen LogP contribution in [0.25, 0.3) is 11.8 Å². The molecule has 1 aromatic heterocycles. The summed E-state index contributed by atoms with van der Waals surface area (Å²) in [6.07, 6.45) is 3.30. The smallest absolute Gasteiger partial charge is 0.335 e. The third kappa shape index (κ3) is 2.91. The first kappa shape index (κ1) is 17.7. The maximum atomic E-state index is 13.1. The highest BCUT2D eigenvalue weighted by Gasteiger charge is 2.37. The number of para-hydroxylation sites is 1. The number of ether oxygens (including phenoxy) is 2. The maximum absolute atomic E-state index is 13.1. The van der Waals surface area contributed by atoms with E-state index in [1.165, 1.54) is 12.1 Å². The van der Waals surface area contributed by atoms with Gasteiger partial charge in [-0.2, -0.15) is 0 Å². The molecule has 0 bridgehead atoms. The lowest BCUT2D eigenvalue weighted by Gasteiger charge is -2.26. The van der Waals surface area contributed by atoms with Gasteiger partial charge in [-0.25, -0.2) is 9.69 Å². The Hall–Kier alpha value is -4.33. The third-order valence-corrected chi connectivity index (χ3v) is 4.82. The van der Waals surface area contributed by atoms with Crippen LogP contribution in [0, 0.1) is 0 Å². The second kappa shape index (κ2) is 6.93. The number of amides is 4. The standard InChI is InChI=1S/C22H15N3O5/c26-20-17(11-15-7-4-10-24(15)14-5-2-1-3-6-14)21(27)25(22(28)23-20)16-8-9-18-19(12-16)30-13-29-18/h1-12H,13H2,(H,23,26,28)/b17-11+. The monoisotopic (exact) mass is 401 g/mol. The number of hydrogen-bond acceptors (Lipinski definition) is 5. The van der Waals surface area contributed by atoms with Crippen LogP contribution >= 0.6 is 0 Å². The van der Waals surface area contributed by atoms with Crippen molar-refractivity contribution >= 4 is 29.6 Å². The average Bonchev–Trinajstić information content (AvgIpc) is 3.40. The zero-order chi connectivity index (χ0) is 20.7. The van der Waals surface area contributed by atoms with Crippen molar-refractivity contribution in [1.82, 2.24) is 9.88 Å². The predicted octanol–water partition coefficient (Wildman–Crippen LogP) is 2.87. The summed E-state index contributed by atoms with van der Waals surface area (Å²) in [4.78, 5) is 38.9. The lowest BCUT2D eigenvalue weighted by Crippen LogP contribution is -2.54. The molecule has 3 heterocycles. The van der Waals surface area contributed by atoms with Gasteiger partial charge in [-0.05, 0) is 42.5 Å². The van der Waals surface area contributed by atoms with Crippen LogP contribution in [0.3, 0.4) is 0 Å². The zero-order valence-electron chi connectivity index (χ0n) is 15.6. The van der Waals surface area contributed by atoms with E-state index in [0.29, 0.717) is 17.2 Å². The first-order valence-electron chi connectivity index (χ1n) is 9.16. The van der Waals surface area contributed by atoms with Gasteiger partial charge in [0.25, 0.3) is 11.8 Å². The van der Waals surface area contributed by atoms with Gasteiger partial charge in [0.05, 0.1) is 5.69 Å². The Balaban J connectivity index is 1.54. The number of carbonyl (C=O) groups excluding carboxylic acids is 3. The van der Waals surface area contributed by atoms with Crippen molar-refractivity contribution in [2.75, 3.05) is 11.7 Å². The molecule has 0 radical (unpaired) electrons. The summed E-state index contributed by atoms with van der Waals surface area (Å²) in [5.41, 5.74) is 1.63. The first-order valence-corrected chi connectivity index (χ1v) is 9.16. The Labute approximate surface area is 170 Å². The molecule has 0 atom stereocenters. The molecule has 0 unspecified atom stereocenters. The number of nitrogens with zero attached hydrogens (tertiary/aromatic N) is 2. The molecule has 0 saturated carbocycles. The molecule has 8 heteroatoms. The molecule has 2 aliphatic rings. The molecular weight excluding hydrogens is 386 g/mol. The van der Waals surface area contributed by atoms with Crippen LogP contribution < -0.4 is 19.7 Å². The number of aromatic nitrogens is 1. The van der Waals surface area contributed by atoms with Crippen LogP contribution in [-0.2, 0) is 9.59 Å². The van der Waals surface area contributed by atoms with Crippen molar-refractivity contribution in [2.45, 2.75) is 0 Å². The van der Waals surface area contributed by atoms with E-state index in [4.69, 9.17) is 9.47 Å². The number of urea groups is 1. The van der Waals surface area contributed by atoms with Crippen LogP contribution in [0.15, 0.2) is 72.4 Å². The minimum Gasteiger partial charge on any atom is -0.454 e. The van der Waals surface area contributed by atoms with Crippen LogP contribution in [0.5, 0.6) is 11.5 Å². The van der Waals surface area contributed by atoms with E-state index in [1.807, 2.05) is 47.2 Å². The van der Waals surface area contributed by atoms with Crippen molar-refractivity contribution < 1.29 is 23.9 Å². The highest BCUT2D eigenvalue weighted by Crippen LogP contribution is 2.36. The van der Waals surface area contributed by atoms with E-state index in [1.54, 1.807) is 18.2 Å². The third-order valence-electron chi connectivity index (χ3n) is 4.82. The van der Waals surface area contributed by atoms with Crippen molar-refractivity contribution in [3.8, 4) is 17.2 Å². The number of rotatable bonds is 3. The predicted molar refractivity (Wildman–Crippen MR) is 107 cm³/mol. The number of benzene rings is 2. The summed E-state index contributed by atoms with van der Waals surface area (Å²) >= 11 is 0. The summed E-state index contributed by atoms with van der Waals surface area (Å²) in [7, 11) is 0. The number of anilines is 1. The van der Waals surface area contributed by atoms with E-state index in [2.05, 4.69) is 5.32 Å². The van der Waals surface area contributed by atoms with Crippen molar-refractivity contribution in [3.63, 3.8) is 0 Å². The van der Waals surface area contributed by atoms with Gasteiger partial charge in [0.15, 0.2) is 11.5 Å². The van der Waals surface area contributed by atoms with Gasteiger partial charge in [0, 0.05) is 23.6 Å². The highest BCUT2D eigenvalue weighted by molar-refractivity contribution is 6.39. The molecule has 30 heavy (non-hydrogen) atoms. The fourth-order valence-corrected chi connectivity index (χ4v) is 3.40. The van der Waals surface area contributed by atoms with E-state index < -0.39 is 17.8 Å². The normalized spacial score (nSPS) is 16.9. The summed E-state index contributed by atoms with van der Waals surface area (Å²) < 4.78 is 12.4. The first-order chi connectivity index (χ1) is 14.6. The molecule has 0 spiro atoms. The van der Waals surface area contributed by atoms with Gasteiger partial charge >= 0.3 is 6.03 Å². The SMILES string of the molecule is O=C1NC(=O)N(c2ccc3c(c2)OCO3)C(=O)/C1=C/c1cccn1-c1ccccc1. The molecular formula is C22H15N3O5. The average molecular weight is 401 g/mol. The number of hydrogen-bond donors (Lipinski definition) is 1. The van der Waals surface area contributed by atoms with Crippen LogP contribution in [0.2, 0.25) is 0 Å². The fraction of sp³-hybridized carbons (Fsp3) is 0.0455. The van der Waals surface area contributed by atoms with Gasteiger partial charge in [-0.3, -0.25) is 14.9 Å². The summed E-state index contributed by atoms with van der Waals surface area (Å²) in [5.74, 6) is -0.518. The lowest BCUT2D eigenvalue weighted by atomic mass is 10.1. The summed E-state index contributed by atoms with van der Waals surface area (Å²) in [5, 5.41) is 2.23. The zero-order valence-corrected chi connectivity index (χ0v) is 15.6. The number of barbiturate groups is 1. The molecule has 4 amide bonds. The van der Waals surface area contributed by atoms with Crippen LogP contribution in [0.4, 0.5) is 10.5 Å². The molecule has 2 aromatic carbocycles. The van der Waals surface area contributed by atoms with Crippen LogP contribution in [-0.4, -0.2) is 29.2 Å². The summed E-state index contributed by atoms with van der Waals surface area (Å²) in [6, 6.07) is 17.0. The lowest BCUT2D eigenvalue weighted by molar-refractivity contribution is -0.122. The Kier molecular flexibility index (Phi) is 4.10. The van der Waals surface area contributed by atoms with Gasteiger partial charge in [-0.1, -0.05) is 18.2 Å². The molecule has 5 rings (SSSR count). The van der Waals surface area contributed by atoms with Gasteiger partial charge in [0.1, 0.15) is 5.57 Å². The van der Waals surface area contributed by atoms with Gasteiger partial charge in [-0.15, -0.1) is 0 Å². The largest absolute Gasteiger partial charge is 0.454 e. The number of imide groups is 2. The van der Waals surface area contributed by atoms with Crippen molar-refractivity contribution in [3.05, 3.63) is 78.1 Å². The van der Waals surface area contributed by atoms with E-state index in [9.17, 15) is 14.4 Å². The number of carbonyl (C=O) groups is 3. The minimum atomic E-state index is -0.820. The highest BCUT2D eigenvalue weighted by atomic mass is 16.7. The van der Waals surface area contributed by atoms with E-state index >= 15 is 0 Å². The molecule has 1 fully saturated rings. The molecule has 3 aromatic rings. The van der Waals surface area contributed by atoms with Gasteiger partial charge in [0.2, 0.25) is 6.79 Å². The topological polar surface area (TPSA) is 89.9 Å². The second-order valence-corrected chi connectivity index (χ2v) is 6.63. The number of nitrogens with one attached hydrogen (secondary N) is 1. The minimum absolute atomic E-state index is 0.0685. The molecule has 1 N–H and O–H groups in total. The summed E-state index contributed by atoms with van der Waals surface area (Å²) in [6.45, 7) is 0.0685. The Morgan fingerprint density at radius 3 is 2.50 bits per heavy atom. The molecule has 0 aliphatic carbocycles. The molecule has 2 aliphatic heterocycles. The molecule has 148 valence electrons. The second-order valence-electron chi connectivity index (χ2n) is 6.63. The molecule has 1 saturated heterocycles. The maximum Gasteiger partial charge on any atom is 0.335 e. The van der Waals surface area contributed by atoms with E-state index in [-0.39, 0.29) is 18.1 Å². The Morgan fingerprint density at radius 2 is 1.67 bits per heavy atom. The van der Waals surface area contributed by atoms with E-state index in [0.717, 1.165) is 10.6 Å². The van der Waals surface area contributed by atoms with Crippen molar-refractivity contribution in [2.24, 2.45) is 0 Å². The van der Waals surface area contributed by atoms with Gasteiger partial charge < -0.3 is 14.0 Å². The fourth-order valence-electron chi connectivity index (χ4n) is 3.40.